The van der Waals surface area contributed by atoms with Crippen LogP contribution < -0.4 is 11.3 Å². The molecule has 0 bridgehead atoms. The Balaban J connectivity index is 2.44. The summed E-state index contributed by atoms with van der Waals surface area (Å²) in [7, 11) is 1.88. The lowest BCUT2D eigenvalue weighted by molar-refractivity contribution is 0.563. The normalized spacial score (nSPS) is 13.0. The van der Waals surface area contributed by atoms with Crippen molar-refractivity contribution < 1.29 is 0 Å². The molecule has 0 radical (unpaired) electrons. The highest BCUT2D eigenvalue weighted by Crippen LogP contribution is 2.28. The number of nitrogens with two attached hydrogens (primary N) is 1. The van der Waals surface area contributed by atoms with Gasteiger partial charge < -0.3 is 0 Å². The van der Waals surface area contributed by atoms with Gasteiger partial charge in [0.05, 0.1) is 27.1 Å². The molecule has 0 saturated carbocycles. The van der Waals surface area contributed by atoms with E-state index < -0.39 is 0 Å². The molecule has 5 nitrogen and oxygen atoms in total. The molecular weight excluding hydrogens is 290 g/mol. The molecule has 1 atom stereocenters. The topological polar surface area (TPSA) is 68.8 Å². The van der Waals surface area contributed by atoms with Gasteiger partial charge in [0.15, 0.2) is 0 Å². The van der Waals surface area contributed by atoms with Gasteiger partial charge in [-0.2, -0.15) is 5.10 Å². The van der Waals surface area contributed by atoms with Crippen molar-refractivity contribution in [3.8, 4) is 0 Å². The molecule has 16 heavy (non-hydrogen) atoms. The summed E-state index contributed by atoms with van der Waals surface area (Å²) < 4.78 is 2.70. The molecule has 2 rings (SSSR count). The average Bonchev–Trinajstić information content (AvgIpc) is 2.80. The van der Waals surface area contributed by atoms with Crippen LogP contribution in [0.25, 0.3) is 0 Å². The highest BCUT2D eigenvalue weighted by Gasteiger charge is 2.21. The smallest absolute Gasteiger partial charge is 0.107 e. The molecule has 0 aliphatic heterocycles. The van der Waals surface area contributed by atoms with Crippen LogP contribution in [0.5, 0.6) is 0 Å². The minimum atomic E-state index is -0.146. The molecule has 7 heteroatoms. The molecule has 2 heterocycles. The molecule has 1 unspecified atom stereocenters. The van der Waals surface area contributed by atoms with Crippen LogP contribution in [-0.4, -0.2) is 14.8 Å². The van der Waals surface area contributed by atoms with Gasteiger partial charge in [-0.25, -0.2) is 10.4 Å². The Morgan fingerprint density at radius 1 is 1.62 bits per heavy atom. The van der Waals surface area contributed by atoms with Crippen molar-refractivity contribution in [2.24, 2.45) is 12.9 Å². The Labute approximate surface area is 106 Å². The Morgan fingerprint density at radius 2 is 2.38 bits per heavy atom. The minimum Gasteiger partial charge on any atom is -0.270 e. The molecule has 0 fully saturated rings. The Kier molecular flexibility index (Phi) is 3.38. The Morgan fingerprint density at radius 3 is 2.81 bits per heavy atom. The predicted octanol–water partition coefficient (Wildman–Crippen LogP) is 1.50. The van der Waals surface area contributed by atoms with E-state index in [-0.39, 0.29) is 6.04 Å². The second-order valence-corrected chi connectivity index (χ2v) is 5.31. The first-order valence-corrected chi connectivity index (χ1v) is 6.36. The third-order valence-corrected chi connectivity index (χ3v) is 3.71. The van der Waals surface area contributed by atoms with Gasteiger partial charge >= 0.3 is 0 Å². The van der Waals surface area contributed by atoms with Crippen LogP contribution in [0, 0.1) is 6.92 Å². The Hall–Kier alpha value is -0.760. The minimum absolute atomic E-state index is 0.146. The van der Waals surface area contributed by atoms with E-state index in [0.29, 0.717) is 0 Å². The van der Waals surface area contributed by atoms with Gasteiger partial charge in [-0.1, -0.05) is 0 Å². The Bertz CT molecular complexity index is 472. The zero-order chi connectivity index (χ0) is 11.7. The monoisotopic (exact) mass is 301 g/mol. The van der Waals surface area contributed by atoms with Crippen molar-refractivity contribution in [2.75, 3.05) is 0 Å². The van der Waals surface area contributed by atoms with Crippen molar-refractivity contribution >= 4 is 27.3 Å². The number of halogens is 1. The molecule has 0 saturated heterocycles. The van der Waals surface area contributed by atoms with Crippen LogP contribution in [-0.2, 0) is 7.05 Å². The number of hydrazine groups is 1. The van der Waals surface area contributed by atoms with Crippen molar-refractivity contribution in [3.05, 3.63) is 32.4 Å². The van der Waals surface area contributed by atoms with Gasteiger partial charge in [0.1, 0.15) is 6.04 Å². The maximum Gasteiger partial charge on any atom is 0.107 e. The van der Waals surface area contributed by atoms with Crippen LogP contribution >= 0.6 is 27.3 Å². The first-order valence-electron chi connectivity index (χ1n) is 4.69. The lowest BCUT2D eigenvalue weighted by atomic mass is 10.1. The number of hydrogen-bond donors (Lipinski definition) is 2. The van der Waals surface area contributed by atoms with Gasteiger partial charge in [-0.3, -0.25) is 10.5 Å². The average molecular weight is 302 g/mol. The summed E-state index contributed by atoms with van der Waals surface area (Å²) in [5.41, 5.74) is 4.65. The molecule has 2 aromatic rings. The number of nitrogens with zero attached hydrogens (tertiary/aromatic N) is 3. The summed E-state index contributed by atoms with van der Waals surface area (Å²) in [6, 6.07) is -0.146. The molecule has 86 valence electrons. The third kappa shape index (κ3) is 2.03. The first-order chi connectivity index (χ1) is 7.63. The predicted molar refractivity (Wildman–Crippen MR) is 66.9 cm³/mol. The second-order valence-electron chi connectivity index (χ2n) is 3.39. The largest absolute Gasteiger partial charge is 0.270 e. The van der Waals surface area contributed by atoms with Gasteiger partial charge in [0, 0.05) is 12.4 Å². The van der Waals surface area contributed by atoms with Gasteiger partial charge in [0.25, 0.3) is 0 Å². The van der Waals surface area contributed by atoms with Gasteiger partial charge in [0.2, 0.25) is 0 Å². The summed E-state index contributed by atoms with van der Waals surface area (Å²) in [5, 5.41) is 7.19. The molecule has 3 N–H and O–H groups in total. The van der Waals surface area contributed by atoms with E-state index in [4.69, 9.17) is 5.84 Å². The fraction of sp³-hybridized carbons (Fsp3) is 0.333. The van der Waals surface area contributed by atoms with Crippen LogP contribution in [0.15, 0.2) is 16.0 Å². The molecule has 0 aliphatic carbocycles. The zero-order valence-electron chi connectivity index (χ0n) is 8.94. The van der Waals surface area contributed by atoms with Crippen LogP contribution in [0.3, 0.4) is 0 Å². The second kappa shape index (κ2) is 4.62. The van der Waals surface area contributed by atoms with Crippen LogP contribution in [0.2, 0.25) is 0 Å². The summed E-state index contributed by atoms with van der Waals surface area (Å²) in [6.07, 6.45) is 1.75. The summed E-state index contributed by atoms with van der Waals surface area (Å²) in [6.45, 7) is 1.97. The van der Waals surface area contributed by atoms with E-state index in [1.54, 1.807) is 22.2 Å². The van der Waals surface area contributed by atoms with E-state index in [1.807, 2.05) is 19.4 Å². The maximum atomic E-state index is 5.60. The number of rotatable bonds is 3. The molecule has 0 spiro atoms. The lowest BCUT2D eigenvalue weighted by Crippen LogP contribution is -2.30. The number of aromatic nitrogens is 3. The maximum absolute atomic E-state index is 5.60. The summed E-state index contributed by atoms with van der Waals surface area (Å²) in [5.74, 6) is 5.60. The summed E-state index contributed by atoms with van der Waals surface area (Å²) in [4.78, 5) is 4.43. The van der Waals surface area contributed by atoms with E-state index >= 15 is 0 Å². The van der Waals surface area contributed by atoms with E-state index in [1.165, 1.54) is 0 Å². The standard InChI is InChI=1S/C9H12BrN5S/c1-5-13-7(4-16-5)8(14-11)9-6(10)3-12-15(9)2/h3-4,8,14H,11H2,1-2H3. The summed E-state index contributed by atoms with van der Waals surface area (Å²) >= 11 is 5.06. The highest BCUT2D eigenvalue weighted by atomic mass is 79.9. The molecule has 2 aromatic heterocycles. The van der Waals surface area contributed by atoms with Crippen LogP contribution in [0.4, 0.5) is 0 Å². The number of hydrogen-bond acceptors (Lipinski definition) is 5. The highest BCUT2D eigenvalue weighted by molar-refractivity contribution is 9.10. The number of thiazole rings is 1. The van der Waals surface area contributed by atoms with Gasteiger partial charge in [-0.15, -0.1) is 11.3 Å². The van der Waals surface area contributed by atoms with Crippen molar-refractivity contribution in [3.63, 3.8) is 0 Å². The van der Waals surface area contributed by atoms with E-state index in [0.717, 1.165) is 20.9 Å². The SMILES string of the molecule is Cc1nc(C(NN)c2c(Br)cnn2C)cs1. The molecule has 0 aromatic carbocycles. The quantitative estimate of drug-likeness (QED) is 0.666. The molecule has 0 aliphatic rings. The third-order valence-electron chi connectivity index (χ3n) is 2.31. The number of aryl methyl sites for hydroxylation is 2. The number of nitrogens with one attached hydrogen (secondary N) is 1. The van der Waals surface area contributed by atoms with Crippen molar-refractivity contribution in [1.29, 1.82) is 0 Å². The molecular formula is C9H12BrN5S. The molecule has 0 amide bonds. The fourth-order valence-corrected chi connectivity index (χ4v) is 2.78. The fourth-order valence-electron chi connectivity index (χ4n) is 1.56. The van der Waals surface area contributed by atoms with E-state index in [9.17, 15) is 0 Å². The van der Waals surface area contributed by atoms with Gasteiger partial charge in [-0.05, 0) is 22.9 Å². The first kappa shape index (κ1) is 11.7. The van der Waals surface area contributed by atoms with Crippen LogP contribution in [0.1, 0.15) is 22.4 Å². The van der Waals surface area contributed by atoms with Crippen molar-refractivity contribution in [2.45, 2.75) is 13.0 Å². The van der Waals surface area contributed by atoms with Crippen molar-refractivity contribution in [1.82, 2.24) is 20.2 Å². The zero-order valence-corrected chi connectivity index (χ0v) is 11.3. The lowest BCUT2D eigenvalue weighted by Gasteiger charge is -2.14. The van der Waals surface area contributed by atoms with E-state index in [2.05, 4.69) is 31.4 Å².